The molecule has 7 heteroatoms. The van der Waals surface area contributed by atoms with Crippen LogP contribution in [0.15, 0.2) is 54.9 Å². The van der Waals surface area contributed by atoms with E-state index in [9.17, 15) is 4.79 Å². The van der Waals surface area contributed by atoms with E-state index >= 15 is 0 Å². The van der Waals surface area contributed by atoms with Crippen LogP contribution in [-0.4, -0.2) is 27.3 Å². The molecule has 0 aliphatic rings. The number of pyridine rings is 2. The average Bonchev–Trinajstić information content (AvgIpc) is 2.62. The summed E-state index contributed by atoms with van der Waals surface area (Å²) in [5.74, 6) is -0.721. The maximum atomic E-state index is 11.1. The summed E-state index contributed by atoms with van der Waals surface area (Å²) in [6.45, 7) is 0. The molecule has 124 valence electrons. The highest BCUT2D eigenvalue weighted by atomic mass is 16.4. The van der Waals surface area contributed by atoms with Crippen LogP contribution in [0, 0.1) is 5.41 Å². The zero-order chi connectivity index (χ0) is 17.8. The standard InChI is InChI=1S/C18H15N5O2/c19-8-12-5-4-11(13-6-14(20)10-21-9-13)7-16(12)23-17-3-1-2-15(22-17)18(24)25/h1-10,19H,20H2,(H,22,23)(H,24,25). The molecule has 0 aliphatic carbocycles. The molecule has 0 unspecified atom stereocenters. The van der Waals surface area contributed by atoms with Crippen molar-refractivity contribution in [2.75, 3.05) is 11.1 Å². The summed E-state index contributed by atoms with van der Waals surface area (Å²) in [7, 11) is 0. The number of rotatable bonds is 5. The summed E-state index contributed by atoms with van der Waals surface area (Å²) < 4.78 is 0. The van der Waals surface area contributed by atoms with E-state index in [1.54, 1.807) is 36.7 Å². The molecule has 0 atom stereocenters. The van der Waals surface area contributed by atoms with Crippen molar-refractivity contribution < 1.29 is 9.90 Å². The number of nitrogens with one attached hydrogen (secondary N) is 2. The number of nitrogens with two attached hydrogens (primary N) is 1. The van der Waals surface area contributed by atoms with E-state index in [2.05, 4.69) is 15.3 Å². The molecular formula is C18H15N5O2. The third kappa shape index (κ3) is 3.61. The molecule has 0 amide bonds. The summed E-state index contributed by atoms with van der Waals surface area (Å²) in [6, 6.07) is 12.0. The fourth-order valence-electron chi connectivity index (χ4n) is 2.35. The van der Waals surface area contributed by atoms with Gasteiger partial charge >= 0.3 is 5.97 Å². The SMILES string of the molecule is N=Cc1ccc(-c2cncc(N)c2)cc1Nc1cccc(C(=O)O)n1. The molecule has 3 rings (SSSR count). The molecule has 2 aromatic heterocycles. The van der Waals surface area contributed by atoms with Gasteiger partial charge in [-0.05, 0) is 29.8 Å². The normalized spacial score (nSPS) is 10.2. The Labute approximate surface area is 143 Å². The number of nitrogen functional groups attached to an aromatic ring is 1. The van der Waals surface area contributed by atoms with Crippen LogP contribution in [0.25, 0.3) is 11.1 Å². The second kappa shape index (κ2) is 6.79. The van der Waals surface area contributed by atoms with Crippen molar-refractivity contribution in [2.24, 2.45) is 0 Å². The number of hydrogen-bond acceptors (Lipinski definition) is 6. The van der Waals surface area contributed by atoms with Gasteiger partial charge in [0.05, 0.1) is 5.69 Å². The van der Waals surface area contributed by atoms with Gasteiger partial charge in [0, 0.05) is 35.4 Å². The summed E-state index contributed by atoms with van der Waals surface area (Å²) in [6.07, 6.45) is 4.48. The van der Waals surface area contributed by atoms with E-state index in [4.69, 9.17) is 16.2 Å². The van der Waals surface area contributed by atoms with E-state index < -0.39 is 5.97 Å². The number of anilines is 3. The van der Waals surface area contributed by atoms with Crippen molar-refractivity contribution in [3.05, 3.63) is 66.1 Å². The lowest BCUT2D eigenvalue weighted by Crippen LogP contribution is -2.03. The minimum atomic E-state index is -1.10. The molecule has 7 nitrogen and oxygen atoms in total. The number of carbonyl (C=O) groups is 1. The summed E-state index contributed by atoms with van der Waals surface area (Å²) in [4.78, 5) is 19.2. The fourth-order valence-corrected chi connectivity index (χ4v) is 2.35. The number of carboxylic acids is 1. The third-order valence-electron chi connectivity index (χ3n) is 3.53. The molecule has 0 saturated heterocycles. The Morgan fingerprint density at radius 3 is 2.72 bits per heavy atom. The van der Waals surface area contributed by atoms with Gasteiger partial charge in [-0.25, -0.2) is 9.78 Å². The van der Waals surface area contributed by atoms with E-state index in [0.717, 1.165) is 11.1 Å². The van der Waals surface area contributed by atoms with Gasteiger partial charge < -0.3 is 21.6 Å². The number of aromatic nitrogens is 2. The lowest BCUT2D eigenvalue weighted by molar-refractivity contribution is 0.0690. The van der Waals surface area contributed by atoms with E-state index in [1.165, 1.54) is 12.3 Å². The Hall–Kier alpha value is -3.74. The van der Waals surface area contributed by atoms with Crippen molar-refractivity contribution in [1.29, 1.82) is 5.41 Å². The van der Waals surface area contributed by atoms with Crippen LogP contribution in [0.4, 0.5) is 17.2 Å². The third-order valence-corrected chi connectivity index (χ3v) is 3.53. The van der Waals surface area contributed by atoms with Crippen LogP contribution < -0.4 is 11.1 Å². The average molecular weight is 333 g/mol. The van der Waals surface area contributed by atoms with Crippen molar-refractivity contribution in [3.63, 3.8) is 0 Å². The van der Waals surface area contributed by atoms with Crippen molar-refractivity contribution >= 4 is 29.4 Å². The quantitative estimate of drug-likeness (QED) is 0.531. The second-order valence-corrected chi connectivity index (χ2v) is 5.29. The fraction of sp³-hybridized carbons (Fsp3) is 0. The van der Waals surface area contributed by atoms with Crippen LogP contribution in [0.1, 0.15) is 16.1 Å². The Morgan fingerprint density at radius 2 is 2.00 bits per heavy atom. The van der Waals surface area contributed by atoms with Crippen LogP contribution in [-0.2, 0) is 0 Å². The lowest BCUT2D eigenvalue weighted by Gasteiger charge is -2.12. The van der Waals surface area contributed by atoms with Crippen LogP contribution in [0.3, 0.4) is 0 Å². The molecule has 3 aromatic rings. The molecule has 0 bridgehead atoms. The smallest absolute Gasteiger partial charge is 0.354 e. The highest BCUT2D eigenvalue weighted by Crippen LogP contribution is 2.27. The van der Waals surface area contributed by atoms with Crippen LogP contribution >= 0.6 is 0 Å². The van der Waals surface area contributed by atoms with Gasteiger partial charge in [-0.2, -0.15) is 0 Å². The van der Waals surface area contributed by atoms with Crippen LogP contribution in [0.2, 0.25) is 0 Å². The lowest BCUT2D eigenvalue weighted by atomic mass is 10.0. The predicted octanol–water partition coefficient (Wildman–Crippen LogP) is 3.17. The second-order valence-electron chi connectivity index (χ2n) is 5.29. The zero-order valence-corrected chi connectivity index (χ0v) is 13.1. The maximum absolute atomic E-state index is 11.1. The first-order valence-corrected chi connectivity index (χ1v) is 7.39. The number of aromatic carboxylic acids is 1. The highest BCUT2D eigenvalue weighted by molar-refractivity contribution is 5.90. The maximum Gasteiger partial charge on any atom is 0.354 e. The number of benzene rings is 1. The van der Waals surface area contributed by atoms with Gasteiger partial charge in [0.25, 0.3) is 0 Å². The number of nitrogens with zero attached hydrogens (tertiary/aromatic N) is 2. The number of hydrogen-bond donors (Lipinski definition) is 4. The van der Waals surface area contributed by atoms with E-state index in [1.807, 2.05) is 12.1 Å². The molecule has 0 saturated carbocycles. The Kier molecular flexibility index (Phi) is 4.38. The molecule has 5 N–H and O–H groups in total. The molecule has 1 aromatic carbocycles. The van der Waals surface area contributed by atoms with Crippen molar-refractivity contribution in [2.45, 2.75) is 0 Å². The molecule has 0 radical (unpaired) electrons. The Balaban J connectivity index is 2.00. The molecule has 25 heavy (non-hydrogen) atoms. The molecule has 0 spiro atoms. The van der Waals surface area contributed by atoms with Crippen LogP contribution in [0.5, 0.6) is 0 Å². The van der Waals surface area contributed by atoms with Gasteiger partial charge in [-0.3, -0.25) is 4.98 Å². The van der Waals surface area contributed by atoms with Gasteiger partial charge in [0.15, 0.2) is 5.69 Å². The Morgan fingerprint density at radius 1 is 1.16 bits per heavy atom. The van der Waals surface area contributed by atoms with Gasteiger partial charge in [0.1, 0.15) is 5.82 Å². The molecule has 2 heterocycles. The first kappa shape index (κ1) is 16.1. The minimum absolute atomic E-state index is 0.0578. The minimum Gasteiger partial charge on any atom is -0.477 e. The van der Waals surface area contributed by atoms with E-state index in [-0.39, 0.29) is 5.69 Å². The topological polar surface area (TPSA) is 125 Å². The highest BCUT2D eigenvalue weighted by Gasteiger charge is 2.09. The molecule has 0 fully saturated rings. The van der Waals surface area contributed by atoms with Gasteiger partial charge in [-0.15, -0.1) is 0 Å². The van der Waals surface area contributed by atoms with Gasteiger partial charge in [-0.1, -0.05) is 18.2 Å². The van der Waals surface area contributed by atoms with E-state index in [0.29, 0.717) is 22.8 Å². The monoisotopic (exact) mass is 333 g/mol. The molecule has 0 aliphatic heterocycles. The zero-order valence-electron chi connectivity index (χ0n) is 13.1. The molecular weight excluding hydrogens is 318 g/mol. The number of carboxylic acid groups (broad SMARTS) is 1. The van der Waals surface area contributed by atoms with Gasteiger partial charge in [0.2, 0.25) is 0 Å². The summed E-state index contributed by atoms with van der Waals surface area (Å²) in [5, 5.41) is 19.7. The van der Waals surface area contributed by atoms with Crippen molar-refractivity contribution in [1.82, 2.24) is 9.97 Å². The van der Waals surface area contributed by atoms with Crippen molar-refractivity contribution in [3.8, 4) is 11.1 Å². The Bertz CT molecular complexity index is 956. The predicted molar refractivity (Wildman–Crippen MR) is 96.5 cm³/mol. The summed E-state index contributed by atoms with van der Waals surface area (Å²) >= 11 is 0. The largest absolute Gasteiger partial charge is 0.477 e. The first-order chi connectivity index (χ1) is 12.1. The first-order valence-electron chi connectivity index (χ1n) is 7.39. The summed E-state index contributed by atoms with van der Waals surface area (Å²) in [5.41, 5.74) is 9.25.